The second kappa shape index (κ2) is 8.71. The van der Waals surface area contributed by atoms with Crippen molar-refractivity contribution in [1.82, 2.24) is 4.98 Å². The van der Waals surface area contributed by atoms with Crippen LogP contribution in [-0.4, -0.2) is 24.2 Å². The fraction of sp³-hybridized carbons (Fsp3) is 0.185. The molecule has 0 aliphatic heterocycles. The number of hydrogen-bond donors (Lipinski definition) is 0. The van der Waals surface area contributed by atoms with Gasteiger partial charge in [0.05, 0.1) is 23.0 Å². The Morgan fingerprint density at radius 2 is 1.88 bits per heavy atom. The van der Waals surface area contributed by atoms with E-state index in [1.165, 1.54) is 5.56 Å². The fourth-order valence-electron chi connectivity index (χ4n) is 4.06. The van der Waals surface area contributed by atoms with E-state index in [1.54, 1.807) is 6.26 Å². The Hall–Kier alpha value is -3.86. The van der Waals surface area contributed by atoms with Gasteiger partial charge in [-0.1, -0.05) is 35.9 Å². The van der Waals surface area contributed by atoms with Gasteiger partial charge < -0.3 is 13.9 Å². The number of rotatable bonds is 6. The molecule has 0 radical (unpaired) electrons. The molecule has 1 aliphatic rings. The molecule has 0 bridgehead atoms. The van der Waals surface area contributed by atoms with Crippen LogP contribution in [0.15, 0.2) is 71.3 Å². The van der Waals surface area contributed by atoms with Crippen molar-refractivity contribution in [2.24, 2.45) is 0 Å². The van der Waals surface area contributed by atoms with Crippen molar-refractivity contribution in [1.29, 1.82) is 0 Å². The standard InChI is InChI=1S/C27H23NO4/c1-18-8-11-20(12-9-18)31-15-16-32-27(29)25-22-6-2-3-7-24(22)28-26-19(10-13-23(25)26)17-21-5-4-14-30-21/h2-9,11-12,14,17H,10,13,15-16H2,1H3. The summed E-state index contributed by atoms with van der Waals surface area (Å²) in [7, 11) is 0. The summed E-state index contributed by atoms with van der Waals surface area (Å²) in [5, 5.41) is 0.815. The zero-order chi connectivity index (χ0) is 21.9. The lowest BCUT2D eigenvalue weighted by Crippen LogP contribution is -2.15. The number of furan rings is 1. The molecule has 0 amide bonds. The number of ether oxygens (including phenoxy) is 2. The molecule has 2 aromatic heterocycles. The second-order valence-corrected chi connectivity index (χ2v) is 7.81. The summed E-state index contributed by atoms with van der Waals surface area (Å²) >= 11 is 0. The first-order valence-electron chi connectivity index (χ1n) is 10.7. The van der Waals surface area contributed by atoms with Gasteiger partial charge in [0.1, 0.15) is 24.7 Å². The molecule has 0 fully saturated rings. The number of fused-ring (bicyclic) bond motifs is 2. The van der Waals surface area contributed by atoms with Crippen LogP contribution < -0.4 is 4.74 Å². The van der Waals surface area contributed by atoms with Gasteiger partial charge >= 0.3 is 5.97 Å². The van der Waals surface area contributed by atoms with Gasteiger partial charge in [0.2, 0.25) is 0 Å². The minimum Gasteiger partial charge on any atom is -0.490 e. The molecule has 32 heavy (non-hydrogen) atoms. The van der Waals surface area contributed by atoms with E-state index in [-0.39, 0.29) is 12.6 Å². The van der Waals surface area contributed by atoms with Gasteiger partial charge in [0, 0.05) is 5.39 Å². The summed E-state index contributed by atoms with van der Waals surface area (Å²) < 4.78 is 16.8. The number of carbonyl (C=O) groups is 1. The summed E-state index contributed by atoms with van der Waals surface area (Å²) in [4.78, 5) is 18.0. The van der Waals surface area contributed by atoms with Gasteiger partial charge in [-0.3, -0.25) is 0 Å². The normalized spacial score (nSPS) is 14.0. The van der Waals surface area contributed by atoms with Crippen LogP contribution in [0, 0.1) is 6.92 Å². The summed E-state index contributed by atoms with van der Waals surface area (Å²) in [6, 6.07) is 19.3. The lowest BCUT2D eigenvalue weighted by atomic mass is 10.0. The Kier molecular flexibility index (Phi) is 5.46. The van der Waals surface area contributed by atoms with Crippen LogP contribution in [0.1, 0.15) is 39.4 Å². The number of nitrogens with zero attached hydrogens (tertiary/aromatic N) is 1. The molecule has 5 rings (SSSR count). The second-order valence-electron chi connectivity index (χ2n) is 7.81. The van der Waals surface area contributed by atoms with Crippen LogP contribution in [0.25, 0.3) is 22.6 Å². The predicted molar refractivity (Wildman–Crippen MR) is 124 cm³/mol. The zero-order valence-corrected chi connectivity index (χ0v) is 17.8. The average Bonchev–Trinajstić information content (AvgIpc) is 3.47. The van der Waals surface area contributed by atoms with Crippen molar-refractivity contribution in [3.63, 3.8) is 0 Å². The highest BCUT2D eigenvalue weighted by Crippen LogP contribution is 2.37. The molecule has 2 heterocycles. The Morgan fingerprint density at radius 1 is 1.03 bits per heavy atom. The number of benzene rings is 2. The molecule has 160 valence electrons. The third-order valence-corrected chi connectivity index (χ3v) is 5.61. The van der Waals surface area contributed by atoms with Crippen LogP contribution in [0.5, 0.6) is 5.75 Å². The third kappa shape index (κ3) is 4.02. The van der Waals surface area contributed by atoms with Gasteiger partial charge in [0.25, 0.3) is 0 Å². The predicted octanol–water partition coefficient (Wildman–Crippen LogP) is 5.86. The number of allylic oxidation sites excluding steroid dienone is 1. The van der Waals surface area contributed by atoms with Crippen LogP contribution in [0.2, 0.25) is 0 Å². The van der Waals surface area contributed by atoms with E-state index in [9.17, 15) is 4.79 Å². The Labute approximate surface area is 186 Å². The van der Waals surface area contributed by atoms with E-state index in [2.05, 4.69) is 0 Å². The number of para-hydroxylation sites is 1. The molecular formula is C27H23NO4. The number of carbonyl (C=O) groups excluding carboxylic acids is 1. The smallest absolute Gasteiger partial charge is 0.339 e. The van der Waals surface area contributed by atoms with Crippen molar-refractivity contribution in [3.8, 4) is 5.75 Å². The van der Waals surface area contributed by atoms with Crippen LogP contribution in [0.4, 0.5) is 0 Å². The molecule has 4 aromatic rings. The van der Waals surface area contributed by atoms with Crippen molar-refractivity contribution in [2.45, 2.75) is 19.8 Å². The highest BCUT2D eigenvalue weighted by Gasteiger charge is 2.27. The molecule has 0 saturated heterocycles. The summed E-state index contributed by atoms with van der Waals surface area (Å²) in [5.41, 5.74) is 5.40. The first-order valence-corrected chi connectivity index (χ1v) is 10.7. The molecule has 5 heteroatoms. The molecule has 0 spiro atoms. The number of hydrogen-bond acceptors (Lipinski definition) is 5. The highest BCUT2D eigenvalue weighted by atomic mass is 16.6. The van der Waals surface area contributed by atoms with E-state index in [4.69, 9.17) is 18.9 Å². The van der Waals surface area contributed by atoms with Crippen molar-refractivity contribution < 1.29 is 18.7 Å². The Bertz CT molecular complexity index is 1290. The maximum absolute atomic E-state index is 13.2. The molecule has 0 unspecified atom stereocenters. The van der Waals surface area contributed by atoms with Crippen molar-refractivity contribution in [3.05, 3.63) is 95.1 Å². The summed E-state index contributed by atoms with van der Waals surface area (Å²) in [6.45, 7) is 2.50. The maximum atomic E-state index is 13.2. The van der Waals surface area contributed by atoms with Crippen LogP contribution in [0.3, 0.4) is 0 Å². The minimum atomic E-state index is -0.341. The Morgan fingerprint density at radius 3 is 2.69 bits per heavy atom. The van der Waals surface area contributed by atoms with Crippen LogP contribution in [-0.2, 0) is 11.2 Å². The summed E-state index contributed by atoms with van der Waals surface area (Å²) in [5.74, 6) is 1.20. The van der Waals surface area contributed by atoms with E-state index in [0.29, 0.717) is 12.2 Å². The number of aryl methyl sites for hydroxylation is 1. The quantitative estimate of drug-likeness (QED) is 0.286. The summed E-state index contributed by atoms with van der Waals surface area (Å²) in [6.07, 6.45) is 5.19. The average molecular weight is 425 g/mol. The van der Waals surface area contributed by atoms with Gasteiger partial charge in [0.15, 0.2) is 0 Å². The molecule has 1 aliphatic carbocycles. The van der Waals surface area contributed by atoms with Gasteiger partial charge in [-0.05, 0) is 67.3 Å². The van der Waals surface area contributed by atoms with E-state index in [0.717, 1.165) is 52.1 Å². The van der Waals surface area contributed by atoms with Crippen LogP contribution >= 0.6 is 0 Å². The molecule has 5 nitrogen and oxygen atoms in total. The first-order chi connectivity index (χ1) is 15.7. The SMILES string of the molecule is Cc1ccc(OCCOC(=O)c2c3c(nc4ccccc24)C(=Cc2ccco2)CC3)cc1. The van der Waals surface area contributed by atoms with Crippen molar-refractivity contribution in [2.75, 3.05) is 13.2 Å². The molecule has 0 N–H and O–H groups in total. The lowest BCUT2D eigenvalue weighted by Gasteiger charge is -2.13. The van der Waals surface area contributed by atoms with E-state index in [1.807, 2.05) is 73.7 Å². The van der Waals surface area contributed by atoms with Crippen molar-refractivity contribution >= 4 is 28.5 Å². The number of esters is 1. The molecule has 2 aromatic carbocycles. The zero-order valence-electron chi connectivity index (χ0n) is 17.8. The lowest BCUT2D eigenvalue weighted by molar-refractivity contribution is 0.0451. The largest absolute Gasteiger partial charge is 0.490 e. The molecular weight excluding hydrogens is 402 g/mol. The number of pyridine rings is 1. The number of aromatic nitrogens is 1. The monoisotopic (exact) mass is 425 g/mol. The highest BCUT2D eigenvalue weighted by molar-refractivity contribution is 6.07. The van der Waals surface area contributed by atoms with Gasteiger partial charge in [-0.2, -0.15) is 0 Å². The van der Waals surface area contributed by atoms with Gasteiger partial charge in [-0.25, -0.2) is 9.78 Å². The van der Waals surface area contributed by atoms with Gasteiger partial charge in [-0.15, -0.1) is 0 Å². The fourth-order valence-corrected chi connectivity index (χ4v) is 4.06. The molecule has 0 saturated carbocycles. The van der Waals surface area contributed by atoms with E-state index >= 15 is 0 Å². The third-order valence-electron chi connectivity index (χ3n) is 5.61. The minimum absolute atomic E-state index is 0.174. The topological polar surface area (TPSA) is 61.6 Å². The first kappa shape index (κ1) is 20.1. The molecule has 0 atom stereocenters. The Balaban J connectivity index is 1.39. The van der Waals surface area contributed by atoms with E-state index < -0.39 is 0 Å². The maximum Gasteiger partial charge on any atom is 0.339 e.